The Hall–Kier alpha value is -0.830. The van der Waals surface area contributed by atoms with E-state index in [9.17, 15) is 4.79 Å². The minimum Gasteiger partial charge on any atom is -0.348 e. The molecule has 0 bridgehead atoms. The van der Waals surface area contributed by atoms with Crippen molar-refractivity contribution in [2.75, 3.05) is 14.1 Å². The predicted molar refractivity (Wildman–Crippen MR) is 63.7 cm³/mol. The lowest BCUT2D eigenvalue weighted by Gasteiger charge is -2.20. The Labute approximate surface area is 98.4 Å². The number of rotatable bonds is 2. The smallest absolute Gasteiger partial charge is 0.232 e. The number of nitrogens with zero attached hydrogens (tertiary/aromatic N) is 1. The Kier molecular flexibility index (Phi) is 2.59. The zero-order chi connectivity index (χ0) is 11.1. The highest BCUT2D eigenvalue weighted by molar-refractivity contribution is 9.10. The van der Waals surface area contributed by atoms with Crippen molar-refractivity contribution in [1.82, 2.24) is 4.90 Å². The van der Waals surface area contributed by atoms with E-state index in [0.717, 1.165) is 22.9 Å². The number of carbonyl (C=O) groups is 1. The lowest BCUT2D eigenvalue weighted by atomic mass is 9.95. The summed E-state index contributed by atoms with van der Waals surface area (Å²) in [6.07, 6.45) is 1.95. The third-order valence-electron chi connectivity index (χ3n) is 2.94. The van der Waals surface area contributed by atoms with Crippen LogP contribution in [0.3, 0.4) is 0 Å². The molecule has 0 saturated heterocycles. The molecule has 1 fully saturated rings. The summed E-state index contributed by atoms with van der Waals surface area (Å²) in [5.41, 5.74) is 0.906. The van der Waals surface area contributed by atoms with Gasteiger partial charge in [-0.1, -0.05) is 28.1 Å². The van der Waals surface area contributed by atoms with Crippen molar-refractivity contribution in [3.8, 4) is 0 Å². The average Bonchev–Trinajstić information content (AvgIpc) is 2.97. The normalized spacial score (nSPS) is 17.3. The first-order valence-electron chi connectivity index (χ1n) is 5.04. The minimum atomic E-state index is -0.229. The third-order valence-corrected chi connectivity index (χ3v) is 3.44. The SMILES string of the molecule is CN(C)C(=O)C1(c2cccc(Br)c2)CC1. The maximum atomic E-state index is 12.0. The van der Waals surface area contributed by atoms with Gasteiger partial charge in [-0.25, -0.2) is 0 Å². The molecular formula is C12H14BrNO. The second-order valence-corrected chi connectivity index (χ2v) is 5.21. The van der Waals surface area contributed by atoms with Crippen LogP contribution in [0.2, 0.25) is 0 Å². The maximum Gasteiger partial charge on any atom is 0.232 e. The van der Waals surface area contributed by atoms with Crippen LogP contribution in [0.4, 0.5) is 0 Å². The quantitative estimate of drug-likeness (QED) is 0.807. The van der Waals surface area contributed by atoms with Crippen LogP contribution < -0.4 is 0 Å². The molecule has 0 spiro atoms. The molecular weight excluding hydrogens is 254 g/mol. The van der Waals surface area contributed by atoms with E-state index in [2.05, 4.69) is 22.0 Å². The van der Waals surface area contributed by atoms with Gasteiger partial charge in [0.1, 0.15) is 0 Å². The predicted octanol–water partition coefficient (Wildman–Crippen LogP) is 2.57. The molecule has 0 aromatic heterocycles. The first-order chi connectivity index (χ1) is 7.06. The van der Waals surface area contributed by atoms with E-state index in [-0.39, 0.29) is 11.3 Å². The Balaban J connectivity index is 2.35. The number of amides is 1. The van der Waals surface area contributed by atoms with Gasteiger partial charge in [-0.05, 0) is 30.5 Å². The fourth-order valence-corrected chi connectivity index (χ4v) is 2.36. The Bertz CT molecular complexity index is 396. The van der Waals surface area contributed by atoms with Gasteiger partial charge >= 0.3 is 0 Å². The third kappa shape index (κ3) is 1.81. The number of carbonyl (C=O) groups excluding carboxylic acids is 1. The molecule has 1 aromatic rings. The Morgan fingerprint density at radius 2 is 2.07 bits per heavy atom. The number of hydrogen-bond acceptors (Lipinski definition) is 1. The van der Waals surface area contributed by atoms with Crippen LogP contribution in [-0.4, -0.2) is 24.9 Å². The summed E-state index contributed by atoms with van der Waals surface area (Å²) in [6.45, 7) is 0. The monoisotopic (exact) mass is 267 g/mol. The van der Waals surface area contributed by atoms with E-state index in [1.165, 1.54) is 0 Å². The molecule has 80 valence electrons. The van der Waals surface area contributed by atoms with Gasteiger partial charge in [0.25, 0.3) is 0 Å². The molecule has 0 unspecified atom stereocenters. The van der Waals surface area contributed by atoms with Crippen LogP contribution in [0.1, 0.15) is 18.4 Å². The van der Waals surface area contributed by atoms with Crippen molar-refractivity contribution in [2.24, 2.45) is 0 Å². The summed E-state index contributed by atoms with van der Waals surface area (Å²) in [5.74, 6) is 0.223. The number of likely N-dealkylation sites (N-methyl/N-ethyl adjacent to an activating group) is 1. The molecule has 2 nitrogen and oxygen atoms in total. The molecule has 3 heteroatoms. The lowest BCUT2D eigenvalue weighted by molar-refractivity contribution is -0.131. The topological polar surface area (TPSA) is 20.3 Å². The highest BCUT2D eigenvalue weighted by atomic mass is 79.9. The van der Waals surface area contributed by atoms with Crippen molar-refractivity contribution in [2.45, 2.75) is 18.3 Å². The Morgan fingerprint density at radius 1 is 1.40 bits per heavy atom. The average molecular weight is 268 g/mol. The van der Waals surface area contributed by atoms with Gasteiger partial charge in [0.2, 0.25) is 5.91 Å². The molecule has 1 aliphatic rings. The summed E-state index contributed by atoms with van der Waals surface area (Å²) in [6, 6.07) is 8.07. The molecule has 1 saturated carbocycles. The van der Waals surface area contributed by atoms with Crippen molar-refractivity contribution in [1.29, 1.82) is 0 Å². The highest BCUT2D eigenvalue weighted by Crippen LogP contribution is 2.49. The van der Waals surface area contributed by atoms with Gasteiger partial charge in [0.05, 0.1) is 5.41 Å². The summed E-state index contributed by atoms with van der Waals surface area (Å²) >= 11 is 3.44. The van der Waals surface area contributed by atoms with Gasteiger partial charge in [0, 0.05) is 18.6 Å². The summed E-state index contributed by atoms with van der Waals surface area (Å²) in [7, 11) is 3.64. The van der Waals surface area contributed by atoms with Gasteiger partial charge < -0.3 is 4.90 Å². The summed E-state index contributed by atoms with van der Waals surface area (Å²) < 4.78 is 1.04. The fraction of sp³-hybridized carbons (Fsp3) is 0.417. The van der Waals surface area contributed by atoms with E-state index < -0.39 is 0 Å². The molecule has 0 atom stereocenters. The zero-order valence-corrected chi connectivity index (χ0v) is 10.5. The lowest BCUT2D eigenvalue weighted by Crippen LogP contribution is -2.33. The second kappa shape index (κ2) is 3.63. The van der Waals surface area contributed by atoms with Crippen LogP contribution in [0, 0.1) is 0 Å². The Morgan fingerprint density at radius 3 is 2.53 bits per heavy atom. The van der Waals surface area contributed by atoms with E-state index in [1.54, 1.807) is 4.90 Å². The van der Waals surface area contributed by atoms with Crippen LogP contribution in [-0.2, 0) is 10.2 Å². The molecule has 0 aliphatic heterocycles. The van der Waals surface area contributed by atoms with Gasteiger partial charge in [-0.2, -0.15) is 0 Å². The van der Waals surface area contributed by atoms with Crippen LogP contribution >= 0.6 is 15.9 Å². The summed E-state index contributed by atoms with van der Waals surface area (Å²) in [4.78, 5) is 13.7. The van der Waals surface area contributed by atoms with Crippen LogP contribution in [0.5, 0.6) is 0 Å². The molecule has 15 heavy (non-hydrogen) atoms. The van der Waals surface area contributed by atoms with E-state index in [1.807, 2.05) is 32.3 Å². The molecule has 1 aliphatic carbocycles. The molecule has 2 rings (SSSR count). The first kappa shape index (κ1) is 10.7. The largest absolute Gasteiger partial charge is 0.348 e. The molecule has 0 radical (unpaired) electrons. The number of benzene rings is 1. The zero-order valence-electron chi connectivity index (χ0n) is 8.96. The molecule has 1 aromatic carbocycles. The van der Waals surface area contributed by atoms with Crippen molar-refractivity contribution < 1.29 is 4.79 Å². The fourth-order valence-electron chi connectivity index (χ4n) is 1.97. The van der Waals surface area contributed by atoms with Gasteiger partial charge in [0.15, 0.2) is 0 Å². The van der Waals surface area contributed by atoms with Crippen LogP contribution in [0.25, 0.3) is 0 Å². The summed E-state index contributed by atoms with van der Waals surface area (Å²) in [5, 5.41) is 0. The highest BCUT2D eigenvalue weighted by Gasteiger charge is 2.51. The van der Waals surface area contributed by atoms with Crippen molar-refractivity contribution in [3.05, 3.63) is 34.3 Å². The molecule has 0 N–H and O–H groups in total. The van der Waals surface area contributed by atoms with E-state index in [4.69, 9.17) is 0 Å². The molecule has 0 heterocycles. The van der Waals surface area contributed by atoms with Crippen molar-refractivity contribution >= 4 is 21.8 Å². The number of halogens is 1. The minimum absolute atomic E-state index is 0.223. The molecule has 1 amide bonds. The van der Waals surface area contributed by atoms with Crippen molar-refractivity contribution in [3.63, 3.8) is 0 Å². The standard InChI is InChI=1S/C12H14BrNO/c1-14(2)11(15)12(6-7-12)9-4-3-5-10(13)8-9/h3-5,8H,6-7H2,1-2H3. The first-order valence-corrected chi connectivity index (χ1v) is 5.83. The van der Waals surface area contributed by atoms with Crippen LogP contribution in [0.15, 0.2) is 28.7 Å². The van der Waals surface area contributed by atoms with E-state index in [0.29, 0.717) is 0 Å². The number of hydrogen-bond donors (Lipinski definition) is 0. The van der Waals surface area contributed by atoms with Gasteiger partial charge in [-0.15, -0.1) is 0 Å². The van der Waals surface area contributed by atoms with E-state index >= 15 is 0 Å². The van der Waals surface area contributed by atoms with Gasteiger partial charge in [-0.3, -0.25) is 4.79 Å². The maximum absolute atomic E-state index is 12.0. The second-order valence-electron chi connectivity index (χ2n) is 4.29.